The Bertz CT molecular complexity index is 361. The molecule has 1 saturated heterocycles. The van der Waals surface area contributed by atoms with Crippen molar-refractivity contribution in [1.29, 1.82) is 0 Å². The molecule has 1 aromatic heterocycles. The molecule has 0 aliphatic carbocycles. The van der Waals surface area contributed by atoms with E-state index in [1.165, 1.54) is 19.3 Å². The summed E-state index contributed by atoms with van der Waals surface area (Å²) in [6, 6.07) is 3.85. The Morgan fingerprint density at radius 3 is 2.94 bits per heavy atom. The number of rotatable bonds is 5. The standard InChI is InChI=1S/C14H21N3O/c1-2-14(17-9-4-3-5-10-17)18-16-12-13-7-6-8-15-11-13/h6-8,11-12,14H,2-5,9-10H2,1H3. The molecular weight excluding hydrogens is 226 g/mol. The van der Waals surface area contributed by atoms with Crippen molar-refractivity contribution in [3.8, 4) is 0 Å². The van der Waals surface area contributed by atoms with E-state index < -0.39 is 0 Å². The van der Waals surface area contributed by atoms with Crippen molar-refractivity contribution in [2.45, 2.75) is 38.8 Å². The molecule has 0 saturated carbocycles. The molecule has 2 rings (SSSR count). The largest absolute Gasteiger partial charge is 0.376 e. The topological polar surface area (TPSA) is 37.7 Å². The molecule has 4 nitrogen and oxygen atoms in total. The van der Waals surface area contributed by atoms with Gasteiger partial charge in [-0.05, 0) is 25.3 Å². The second-order valence-corrected chi connectivity index (χ2v) is 4.59. The molecule has 2 heterocycles. The Morgan fingerprint density at radius 2 is 2.28 bits per heavy atom. The molecule has 0 radical (unpaired) electrons. The predicted molar refractivity (Wildman–Crippen MR) is 72.4 cm³/mol. The predicted octanol–water partition coefficient (Wildman–Crippen LogP) is 2.65. The Morgan fingerprint density at radius 1 is 1.44 bits per heavy atom. The molecule has 0 bridgehead atoms. The zero-order valence-corrected chi connectivity index (χ0v) is 11.0. The lowest BCUT2D eigenvalue weighted by Crippen LogP contribution is -2.39. The zero-order chi connectivity index (χ0) is 12.6. The molecule has 18 heavy (non-hydrogen) atoms. The van der Waals surface area contributed by atoms with Gasteiger partial charge in [0.1, 0.15) is 0 Å². The van der Waals surface area contributed by atoms with Crippen LogP contribution in [-0.4, -0.2) is 35.4 Å². The average molecular weight is 247 g/mol. The molecule has 0 aromatic carbocycles. The second-order valence-electron chi connectivity index (χ2n) is 4.59. The number of hydrogen-bond donors (Lipinski definition) is 0. The highest BCUT2D eigenvalue weighted by Gasteiger charge is 2.19. The highest BCUT2D eigenvalue weighted by Crippen LogP contribution is 2.15. The van der Waals surface area contributed by atoms with Crippen LogP contribution >= 0.6 is 0 Å². The van der Waals surface area contributed by atoms with Crippen molar-refractivity contribution in [2.24, 2.45) is 5.16 Å². The maximum absolute atomic E-state index is 5.60. The van der Waals surface area contributed by atoms with Crippen LogP contribution in [0.2, 0.25) is 0 Å². The van der Waals surface area contributed by atoms with Crippen molar-refractivity contribution in [2.75, 3.05) is 13.1 Å². The van der Waals surface area contributed by atoms with E-state index in [-0.39, 0.29) is 6.23 Å². The second kappa shape index (κ2) is 7.11. The van der Waals surface area contributed by atoms with Gasteiger partial charge in [-0.3, -0.25) is 9.88 Å². The van der Waals surface area contributed by atoms with Gasteiger partial charge in [0, 0.05) is 31.0 Å². The third-order valence-electron chi connectivity index (χ3n) is 3.22. The summed E-state index contributed by atoms with van der Waals surface area (Å²) >= 11 is 0. The molecular formula is C14H21N3O. The van der Waals surface area contributed by atoms with Crippen LogP contribution in [0.5, 0.6) is 0 Å². The molecule has 1 aliphatic rings. The van der Waals surface area contributed by atoms with Gasteiger partial charge in [0.2, 0.25) is 0 Å². The van der Waals surface area contributed by atoms with Gasteiger partial charge in [-0.2, -0.15) is 0 Å². The van der Waals surface area contributed by atoms with Crippen LogP contribution in [-0.2, 0) is 4.84 Å². The number of piperidine rings is 1. The first-order valence-electron chi connectivity index (χ1n) is 6.73. The summed E-state index contributed by atoms with van der Waals surface area (Å²) in [5.74, 6) is 0. The molecule has 1 aliphatic heterocycles. The molecule has 98 valence electrons. The van der Waals surface area contributed by atoms with Crippen molar-refractivity contribution in [3.63, 3.8) is 0 Å². The number of nitrogens with zero attached hydrogens (tertiary/aromatic N) is 3. The Hall–Kier alpha value is -1.42. The number of aromatic nitrogens is 1. The normalized spacial score (nSPS) is 18.9. The van der Waals surface area contributed by atoms with E-state index in [0.717, 1.165) is 25.1 Å². The van der Waals surface area contributed by atoms with Crippen molar-refractivity contribution >= 4 is 6.21 Å². The Kier molecular flexibility index (Phi) is 5.15. The third kappa shape index (κ3) is 3.81. The average Bonchev–Trinajstić information content (AvgIpc) is 2.46. The zero-order valence-electron chi connectivity index (χ0n) is 11.0. The fourth-order valence-corrected chi connectivity index (χ4v) is 2.22. The Balaban J connectivity index is 1.84. The van der Waals surface area contributed by atoms with Crippen LogP contribution in [0.3, 0.4) is 0 Å². The van der Waals surface area contributed by atoms with Crippen LogP contribution in [0.25, 0.3) is 0 Å². The summed E-state index contributed by atoms with van der Waals surface area (Å²) in [6.45, 7) is 4.39. The van der Waals surface area contributed by atoms with E-state index in [4.69, 9.17) is 4.84 Å². The van der Waals surface area contributed by atoms with E-state index in [9.17, 15) is 0 Å². The van der Waals surface area contributed by atoms with Crippen molar-refractivity contribution in [1.82, 2.24) is 9.88 Å². The highest BCUT2D eigenvalue weighted by molar-refractivity contribution is 5.78. The number of pyridine rings is 1. The van der Waals surface area contributed by atoms with Gasteiger partial charge in [-0.25, -0.2) is 0 Å². The number of hydrogen-bond acceptors (Lipinski definition) is 4. The van der Waals surface area contributed by atoms with Gasteiger partial charge in [-0.15, -0.1) is 0 Å². The summed E-state index contributed by atoms with van der Waals surface area (Å²) < 4.78 is 0. The number of oxime groups is 1. The van der Waals surface area contributed by atoms with Gasteiger partial charge in [-0.1, -0.05) is 24.6 Å². The highest BCUT2D eigenvalue weighted by atomic mass is 16.6. The Labute approximate surface area is 109 Å². The number of likely N-dealkylation sites (tertiary alicyclic amines) is 1. The van der Waals surface area contributed by atoms with Gasteiger partial charge in [0.25, 0.3) is 0 Å². The SMILES string of the molecule is CCC(ON=Cc1cccnc1)N1CCCCC1. The van der Waals surface area contributed by atoms with E-state index >= 15 is 0 Å². The van der Waals surface area contributed by atoms with Gasteiger partial charge in [0.05, 0.1) is 6.21 Å². The van der Waals surface area contributed by atoms with E-state index in [0.29, 0.717) is 0 Å². The smallest absolute Gasteiger partial charge is 0.180 e. The fourth-order valence-electron chi connectivity index (χ4n) is 2.22. The minimum Gasteiger partial charge on any atom is -0.376 e. The summed E-state index contributed by atoms with van der Waals surface area (Å²) in [6.07, 6.45) is 10.2. The van der Waals surface area contributed by atoms with Crippen LogP contribution in [0.1, 0.15) is 38.2 Å². The lowest BCUT2D eigenvalue weighted by molar-refractivity contribution is -0.0665. The first-order valence-corrected chi connectivity index (χ1v) is 6.73. The maximum Gasteiger partial charge on any atom is 0.180 e. The third-order valence-corrected chi connectivity index (χ3v) is 3.22. The van der Waals surface area contributed by atoms with E-state index in [1.807, 2.05) is 12.1 Å². The van der Waals surface area contributed by atoms with Crippen LogP contribution < -0.4 is 0 Å². The maximum atomic E-state index is 5.60. The molecule has 1 unspecified atom stereocenters. The van der Waals surface area contributed by atoms with Gasteiger partial charge in [0.15, 0.2) is 6.23 Å². The molecule has 0 amide bonds. The first-order chi connectivity index (χ1) is 8.90. The molecule has 0 spiro atoms. The quantitative estimate of drug-likeness (QED) is 0.593. The molecule has 0 N–H and O–H groups in total. The van der Waals surface area contributed by atoms with Crippen LogP contribution in [0.15, 0.2) is 29.7 Å². The fraction of sp³-hybridized carbons (Fsp3) is 0.571. The van der Waals surface area contributed by atoms with Crippen LogP contribution in [0.4, 0.5) is 0 Å². The van der Waals surface area contributed by atoms with E-state index in [1.54, 1.807) is 18.6 Å². The summed E-state index contributed by atoms with van der Waals surface area (Å²) in [5, 5.41) is 4.08. The lowest BCUT2D eigenvalue weighted by Gasteiger charge is -2.31. The minimum atomic E-state index is 0.109. The van der Waals surface area contributed by atoms with Gasteiger partial charge >= 0.3 is 0 Å². The van der Waals surface area contributed by atoms with Crippen LogP contribution in [0, 0.1) is 0 Å². The lowest BCUT2D eigenvalue weighted by atomic mass is 10.1. The van der Waals surface area contributed by atoms with Gasteiger partial charge < -0.3 is 4.84 Å². The monoisotopic (exact) mass is 247 g/mol. The minimum absolute atomic E-state index is 0.109. The first kappa shape index (κ1) is 13.0. The molecule has 1 fully saturated rings. The summed E-state index contributed by atoms with van der Waals surface area (Å²) in [5.41, 5.74) is 0.964. The summed E-state index contributed by atoms with van der Waals surface area (Å²) in [4.78, 5) is 12.0. The van der Waals surface area contributed by atoms with Crippen molar-refractivity contribution < 1.29 is 4.84 Å². The van der Waals surface area contributed by atoms with E-state index in [2.05, 4.69) is 22.0 Å². The van der Waals surface area contributed by atoms with Crippen molar-refractivity contribution in [3.05, 3.63) is 30.1 Å². The summed E-state index contributed by atoms with van der Waals surface area (Å²) in [7, 11) is 0. The molecule has 4 heteroatoms. The molecule has 1 atom stereocenters. The molecule has 1 aromatic rings.